The van der Waals surface area contributed by atoms with Crippen molar-refractivity contribution in [3.63, 3.8) is 0 Å². The molecule has 0 bridgehead atoms. The number of nitrogens with two attached hydrogens (primary N) is 1. The number of aromatic nitrogens is 1. The van der Waals surface area contributed by atoms with Crippen LogP contribution in [0.4, 0.5) is 0 Å². The largest absolute Gasteiger partial charge is 0.395 e. The molecule has 4 N–H and O–H groups in total. The van der Waals surface area contributed by atoms with Crippen LogP contribution in [0, 0.1) is 0 Å². The summed E-state index contributed by atoms with van der Waals surface area (Å²) in [4.78, 5) is 3.47. The summed E-state index contributed by atoms with van der Waals surface area (Å²) in [6.45, 7) is -0.00621. The molecule has 0 spiro atoms. The van der Waals surface area contributed by atoms with Crippen LogP contribution in [0.5, 0.6) is 0 Å². The summed E-state index contributed by atoms with van der Waals surface area (Å²) in [7, 11) is 0. The highest BCUT2D eigenvalue weighted by Crippen LogP contribution is 2.30. The number of H-pyrrole nitrogens is 1. The quantitative estimate of drug-likeness (QED) is 0.680. The monoisotopic (exact) mass is 266 g/mol. The Morgan fingerprint density at radius 1 is 1.00 bits per heavy atom. The van der Waals surface area contributed by atoms with E-state index in [1.807, 2.05) is 30.3 Å². The second-order valence-electron chi connectivity index (χ2n) is 5.04. The summed E-state index contributed by atoms with van der Waals surface area (Å²) in [6.07, 6.45) is 0.657. The van der Waals surface area contributed by atoms with E-state index in [0.717, 1.165) is 16.8 Å². The predicted octanol–water partition coefficient (Wildman–Crippen LogP) is 2.70. The van der Waals surface area contributed by atoms with Crippen molar-refractivity contribution in [3.8, 4) is 11.3 Å². The number of rotatable bonds is 4. The van der Waals surface area contributed by atoms with E-state index in [-0.39, 0.29) is 12.6 Å². The SMILES string of the molecule is NC(CO)Cc1c(-c2ccccc2)[nH]c2ccccc12. The smallest absolute Gasteiger partial charge is 0.0585 e. The average Bonchev–Trinajstić information content (AvgIpc) is 2.87. The molecule has 1 heterocycles. The van der Waals surface area contributed by atoms with Gasteiger partial charge in [0.05, 0.1) is 6.61 Å². The number of fused-ring (bicyclic) bond motifs is 1. The van der Waals surface area contributed by atoms with Crippen molar-refractivity contribution in [1.82, 2.24) is 4.98 Å². The molecule has 0 saturated carbocycles. The third kappa shape index (κ3) is 2.33. The van der Waals surface area contributed by atoms with Gasteiger partial charge in [-0.25, -0.2) is 0 Å². The highest BCUT2D eigenvalue weighted by Gasteiger charge is 2.15. The summed E-state index contributed by atoms with van der Waals surface area (Å²) in [6, 6.07) is 18.2. The zero-order valence-corrected chi connectivity index (χ0v) is 11.2. The topological polar surface area (TPSA) is 62.0 Å². The Labute approximate surface area is 118 Å². The Kier molecular flexibility index (Phi) is 3.54. The van der Waals surface area contributed by atoms with Gasteiger partial charge in [0, 0.05) is 22.6 Å². The van der Waals surface area contributed by atoms with Gasteiger partial charge in [-0.2, -0.15) is 0 Å². The molecule has 3 aromatic rings. The van der Waals surface area contributed by atoms with E-state index in [0.29, 0.717) is 6.42 Å². The molecule has 3 rings (SSSR count). The Balaban J connectivity index is 2.17. The number of para-hydroxylation sites is 1. The molecule has 1 atom stereocenters. The first-order chi connectivity index (χ1) is 9.79. The van der Waals surface area contributed by atoms with Crippen LogP contribution in [-0.4, -0.2) is 22.7 Å². The summed E-state index contributed by atoms with van der Waals surface area (Å²) >= 11 is 0. The number of hydrogen-bond donors (Lipinski definition) is 3. The third-order valence-corrected chi connectivity index (χ3v) is 3.58. The maximum atomic E-state index is 9.23. The average molecular weight is 266 g/mol. The van der Waals surface area contributed by atoms with E-state index in [1.54, 1.807) is 0 Å². The molecule has 0 saturated heterocycles. The number of hydrogen-bond acceptors (Lipinski definition) is 2. The van der Waals surface area contributed by atoms with Gasteiger partial charge in [0.15, 0.2) is 0 Å². The fourth-order valence-corrected chi connectivity index (χ4v) is 2.59. The van der Waals surface area contributed by atoms with Crippen LogP contribution in [-0.2, 0) is 6.42 Å². The lowest BCUT2D eigenvalue weighted by Gasteiger charge is -2.10. The maximum Gasteiger partial charge on any atom is 0.0585 e. The molecular formula is C17H18N2O. The van der Waals surface area contributed by atoms with Gasteiger partial charge in [-0.15, -0.1) is 0 Å². The van der Waals surface area contributed by atoms with Gasteiger partial charge in [0.1, 0.15) is 0 Å². The van der Waals surface area contributed by atoms with E-state index in [4.69, 9.17) is 5.73 Å². The number of aromatic amines is 1. The Bertz CT molecular complexity index is 703. The van der Waals surface area contributed by atoms with Gasteiger partial charge < -0.3 is 15.8 Å². The maximum absolute atomic E-state index is 9.23. The van der Waals surface area contributed by atoms with E-state index in [1.165, 1.54) is 10.9 Å². The molecule has 0 aliphatic heterocycles. The first kappa shape index (κ1) is 12.9. The first-order valence-electron chi connectivity index (χ1n) is 6.81. The van der Waals surface area contributed by atoms with Crippen molar-refractivity contribution in [2.24, 2.45) is 5.73 Å². The van der Waals surface area contributed by atoms with Crippen molar-refractivity contribution in [2.75, 3.05) is 6.61 Å². The lowest BCUT2D eigenvalue weighted by Crippen LogP contribution is -2.26. The van der Waals surface area contributed by atoms with Crippen LogP contribution in [0.3, 0.4) is 0 Å². The zero-order chi connectivity index (χ0) is 13.9. The molecule has 0 fully saturated rings. The van der Waals surface area contributed by atoms with Gasteiger partial charge in [0.25, 0.3) is 0 Å². The molecule has 3 nitrogen and oxygen atoms in total. The van der Waals surface area contributed by atoms with Crippen LogP contribution < -0.4 is 5.73 Å². The molecule has 102 valence electrons. The van der Waals surface area contributed by atoms with E-state index >= 15 is 0 Å². The Morgan fingerprint density at radius 2 is 1.70 bits per heavy atom. The molecular weight excluding hydrogens is 248 g/mol. The van der Waals surface area contributed by atoms with Gasteiger partial charge in [-0.3, -0.25) is 0 Å². The molecule has 1 aromatic heterocycles. The normalized spacial score (nSPS) is 12.7. The van der Waals surface area contributed by atoms with Crippen molar-refractivity contribution in [2.45, 2.75) is 12.5 Å². The van der Waals surface area contributed by atoms with Gasteiger partial charge in [-0.05, 0) is 23.6 Å². The lowest BCUT2D eigenvalue weighted by molar-refractivity contribution is 0.265. The standard InChI is InChI=1S/C17H18N2O/c18-13(11-20)10-15-14-8-4-5-9-16(14)19-17(15)12-6-2-1-3-7-12/h1-9,13,19-20H,10-11,18H2. The van der Waals surface area contributed by atoms with Crippen molar-refractivity contribution >= 4 is 10.9 Å². The van der Waals surface area contributed by atoms with Crippen LogP contribution >= 0.6 is 0 Å². The van der Waals surface area contributed by atoms with Gasteiger partial charge >= 0.3 is 0 Å². The first-order valence-corrected chi connectivity index (χ1v) is 6.81. The highest BCUT2D eigenvalue weighted by atomic mass is 16.3. The summed E-state index contributed by atoms with van der Waals surface area (Å²) in [5.74, 6) is 0. The summed E-state index contributed by atoms with van der Waals surface area (Å²) < 4.78 is 0. The third-order valence-electron chi connectivity index (χ3n) is 3.58. The molecule has 0 radical (unpaired) electrons. The number of aliphatic hydroxyl groups is 1. The van der Waals surface area contributed by atoms with Crippen LogP contribution in [0.2, 0.25) is 0 Å². The molecule has 0 amide bonds. The minimum atomic E-state index is -0.239. The summed E-state index contributed by atoms with van der Waals surface area (Å²) in [5.41, 5.74) is 10.5. The highest BCUT2D eigenvalue weighted by molar-refractivity contribution is 5.90. The van der Waals surface area contributed by atoms with E-state index in [2.05, 4.69) is 29.2 Å². The second-order valence-corrected chi connectivity index (χ2v) is 5.04. The lowest BCUT2D eigenvalue weighted by atomic mass is 9.99. The summed E-state index contributed by atoms with van der Waals surface area (Å²) in [5, 5.41) is 10.4. The van der Waals surface area contributed by atoms with E-state index in [9.17, 15) is 5.11 Å². The Morgan fingerprint density at radius 3 is 2.45 bits per heavy atom. The Hall–Kier alpha value is -2.10. The molecule has 1 unspecified atom stereocenters. The zero-order valence-electron chi connectivity index (χ0n) is 11.2. The van der Waals surface area contributed by atoms with Crippen molar-refractivity contribution in [1.29, 1.82) is 0 Å². The molecule has 3 heteroatoms. The predicted molar refractivity (Wildman–Crippen MR) is 82.5 cm³/mol. The fraction of sp³-hybridized carbons (Fsp3) is 0.176. The second kappa shape index (κ2) is 5.49. The van der Waals surface area contributed by atoms with Crippen molar-refractivity contribution in [3.05, 3.63) is 60.2 Å². The minimum absolute atomic E-state index is 0.00621. The molecule has 2 aromatic carbocycles. The van der Waals surface area contributed by atoms with Gasteiger partial charge in [-0.1, -0.05) is 48.5 Å². The van der Waals surface area contributed by atoms with Crippen molar-refractivity contribution < 1.29 is 5.11 Å². The number of benzene rings is 2. The van der Waals surface area contributed by atoms with Crippen LogP contribution in [0.25, 0.3) is 22.2 Å². The minimum Gasteiger partial charge on any atom is -0.395 e. The van der Waals surface area contributed by atoms with E-state index < -0.39 is 0 Å². The molecule has 0 aliphatic rings. The van der Waals surface area contributed by atoms with Crippen LogP contribution in [0.1, 0.15) is 5.56 Å². The van der Waals surface area contributed by atoms with Crippen LogP contribution in [0.15, 0.2) is 54.6 Å². The number of aliphatic hydroxyl groups excluding tert-OH is 1. The number of nitrogens with one attached hydrogen (secondary N) is 1. The van der Waals surface area contributed by atoms with Gasteiger partial charge in [0.2, 0.25) is 0 Å². The molecule has 20 heavy (non-hydrogen) atoms. The molecule has 0 aliphatic carbocycles. The fourth-order valence-electron chi connectivity index (χ4n) is 2.59.